The fraction of sp³-hybridized carbons (Fsp3) is 0.217. The Morgan fingerprint density at radius 3 is 2.43 bits per heavy atom. The Kier molecular flexibility index (Phi) is 9.93. The molecule has 1 amide bonds. The molecule has 1 heterocycles. The van der Waals surface area contributed by atoms with E-state index in [0.717, 1.165) is 23.8 Å². The number of nitrogens with one attached hydrogen (secondary N) is 3. The molecule has 7 heteroatoms. The van der Waals surface area contributed by atoms with Crippen molar-refractivity contribution < 1.29 is 9.21 Å². The highest BCUT2D eigenvalue weighted by Crippen LogP contribution is 2.08. The number of halogens is 1. The highest BCUT2D eigenvalue weighted by Gasteiger charge is 2.07. The summed E-state index contributed by atoms with van der Waals surface area (Å²) in [6, 6.07) is 21.3. The quantitative estimate of drug-likeness (QED) is 0.239. The minimum atomic E-state index is -0.138. The van der Waals surface area contributed by atoms with Gasteiger partial charge >= 0.3 is 0 Å². The van der Waals surface area contributed by atoms with Crippen LogP contribution in [0.2, 0.25) is 0 Å². The Morgan fingerprint density at radius 1 is 0.900 bits per heavy atom. The Morgan fingerprint density at radius 2 is 1.70 bits per heavy atom. The second-order valence-electron chi connectivity index (χ2n) is 6.50. The van der Waals surface area contributed by atoms with Crippen LogP contribution in [0.25, 0.3) is 0 Å². The third-order valence-corrected chi connectivity index (χ3v) is 4.26. The first-order valence-electron chi connectivity index (χ1n) is 9.70. The number of aliphatic imine (C=N–C) groups is 1. The van der Waals surface area contributed by atoms with E-state index in [2.05, 4.69) is 33.1 Å². The van der Waals surface area contributed by atoms with Gasteiger partial charge in [0.2, 0.25) is 0 Å². The Hall–Kier alpha value is -2.81. The maximum atomic E-state index is 12.4. The van der Waals surface area contributed by atoms with E-state index < -0.39 is 0 Å². The van der Waals surface area contributed by atoms with Crippen molar-refractivity contribution in [2.45, 2.75) is 26.6 Å². The van der Waals surface area contributed by atoms with Crippen molar-refractivity contribution in [2.75, 3.05) is 6.54 Å². The fourth-order valence-corrected chi connectivity index (χ4v) is 2.79. The summed E-state index contributed by atoms with van der Waals surface area (Å²) in [5.74, 6) is 1.32. The molecule has 0 saturated carbocycles. The molecule has 3 aromatic rings. The molecule has 0 fully saturated rings. The molecule has 0 unspecified atom stereocenters. The number of nitrogens with zero attached hydrogens (tertiary/aromatic N) is 1. The molecule has 3 rings (SSSR count). The van der Waals surface area contributed by atoms with E-state index in [1.807, 2.05) is 49.4 Å². The van der Waals surface area contributed by atoms with Gasteiger partial charge in [-0.15, -0.1) is 24.0 Å². The Balaban J connectivity index is 0.00000320. The van der Waals surface area contributed by atoms with Gasteiger partial charge in [0.05, 0.1) is 19.4 Å². The van der Waals surface area contributed by atoms with Gasteiger partial charge in [0, 0.05) is 18.7 Å². The number of carbonyl (C=O) groups is 1. The number of hydrogen-bond acceptors (Lipinski definition) is 3. The zero-order valence-corrected chi connectivity index (χ0v) is 19.3. The first-order chi connectivity index (χ1) is 14.2. The van der Waals surface area contributed by atoms with Gasteiger partial charge in [-0.1, -0.05) is 42.5 Å². The number of rotatable bonds is 8. The van der Waals surface area contributed by atoms with Gasteiger partial charge in [0.15, 0.2) is 5.96 Å². The molecule has 6 nitrogen and oxygen atoms in total. The lowest BCUT2D eigenvalue weighted by atomic mass is 10.1. The number of guanidine groups is 1. The van der Waals surface area contributed by atoms with Crippen molar-refractivity contribution >= 4 is 35.8 Å². The number of carbonyl (C=O) groups excluding carboxylic acids is 1. The van der Waals surface area contributed by atoms with E-state index in [0.29, 0.717) is 25.2 Å². The Bertz CT molecular complexity index is 927. The molecule has 0 radical (unpaired) electrons. The van der Waals surface area contributed by atoms with Crippen molar-refractivity contribution in [3.05, 3.63) is 95.4 Å². The minimum Gasteiger partial charge on any atom is -0.467 e. The summed E-state index contributed by atoms with van der Waals surface area (Å²) in [7, 11) is 0. The predicted octanol–water partition coefficient (Wildman–Crippen LogP) is 4.08. The summed E-state index contributed by atoms with van der Waals surface area (Å²) in [4.78, 5) is 17.0. The highest BCUT2D eigenvalue weighted by molar-refractivity contribution is 14.0. The van der Waals surface area contributed by atoms with Crippen LogP contribution in [0, 0.1) is 0 Å². The van der Waals surface area contributed by atoms with Gasteiger partial charge in [-0.25, -0.2) is 4.99 Å². The zero-order valence-electron chi connectivity index (χ0n) is 16.9. The molecule has 0 aliphatic heterocycles. The normalized spacial score (nSPS) is 10.8. The maximum absolute atomic E-state index is 12.4. The molecule has 0 aliphatic carbocycles. The predicted molar refractivity (Wildman–Crippen MR) is 130 cm³/mol. The van der Waals surface area contributed by atoms with Crippen LogP contribution in [0.15, 0.2) is 82.4 Å². The van der Waals surface area contributed by atoms with Gasteiger partial charge in [0.1, 0.15) is 5.76 Å². The van der Waals surface area contributed by atoms with Crippen LogP contribution in [0.5, 0.6) is 0 Å². The molecule has 2 aromatic carbocycles. The van der Waals surface area contributed by atoms with Crippen LogP contribution in [-0.4, -0.2) is 18.4 Å². The maximum Gasteiger partial charge on any atom is 0.251 e. The van der Waals surface area contributed by atoms with Gasteiger partial charge < -0.3 is 20.4 Å². The summed E-state index contributed by atoms with van der Waals surface area (Å²) < 4.78 is 5.24. The topological polar surface area (TPSA) is 78.7 Å². The van der Waals surface area contributed by atoms with Crippen molar-refractivity contribution in [3.8, 4) is 0 Å². The Labute approximate surface area is 194 Å². The first-order valence-corrected chi connectivity index (χ1v) is 9.70. The van der Waals surface area contributed by atoms with Crippen LogP contribution in [0.1, 0.15) is 34.2 Å². The van der Waals surface area contributed by atoms with Gasteiger partial charge in [-0.2, -0.15) is 0 Å². The molecular formula is C23H27IN4O2. The number of benzene rings is 2. The molecule has 30 heavy (non-hydrogen) atoms. The smallest absolute Gasteiger partial charge is 0.251 e. The summed E-state index contributed by atoms with van der Waals surface area (Å²) in [6.07, 6.45) is 1.59. The number of hydrogen-bond donors (Lipinski definition) is 3. The third kappa shape index (κ3) is 7.55. The summed E-state index contributed by atoms with van der Waals surface area (Å²) in [5.41, 5.74) is 2.76. The molecule has 0 atom stereocenters. The van der Waals surface area contributed by atoms with E-state index in [-0.39, 0.29) is 29.9 Å². The van der Waals surface area contributed by atoms with Crippen LogP contribution >= 0.6 is 24.0 Å². The summed E-state index contributed by atoms with van der Waals surface area (Å²) in [5, 5.41) is 9.43. The van der Waals surface area contributed by atoms with Crippen LogP contribution < -0.4 is 16.0 Å². The van der Waals surface area contributed by atoms with Crippen LogP contribution in [0.4, 0.5) is 0 Å². The second kappa shape index (κ2) is 12.7. The van der Waals surface area contributed by atoms with E-state index in [1.54, 1.807) is 18.4 Å². The molecule has 0 aliphatic rings. The molecule has 0 bridgehead atoms. The van der Waals surface area contributed by atoms with Crippen LogP contribution in [0.3, 0.4) is 0 Å². The van der Waals surface area contributed by atoms with E-state index in [9.17, 15) is 4.79 Å². The van der Waals surface area contributed by atoms with Gasteiger partial charge in [0.25, 0.3) is 5.91 Å². The van der Waals surface area contributed by atoms with Crippen molar-refractivity contribution in [1.82, 2.24) is 16.0 Å². The zero-order chi connectivity index (χ0) is 20.3. The number of furan rings is 1. The molecule has 158 valence electrons. The van der Waals surface area contributed by atoms with Gasteiger partial charge in [-0.05, 0) is 42.3 Å². The average Bonchev–Trinajstić information content (AvgIpc) is 3.28. The van der Waals surface area contributed by atoms with Crippen molar-refractivity contribution in [2.24, 2.45) is 4.99 Å². The van der Waals surface area contributed by atoms with E-state index in [1.165, 1.54) is 5.56 Å². The lowest BCUT2D eigenvalue weighted by Crippen LogP contribution is -2.36. The van der Waals surface area contributed by atoms with Crippen LogP contribution in [-0.2, 0) is 19.6 Å². The summed E-state index contributed by atoms with van der Waals surface area (Å²) in [6.45, 7) is 4.34. The van der Waals surface area contributed by atoms with E-state index >= 15 is 0 Å². The lowest BCUT2D eigenvalue weighted by Gasteiger charge is -2.11. The molecule has 1 aromatic heterocycles. The van der Waals surface area contributed by atoms with Gasteiger partial charge in [-0.3, -0.25) is 4.79 Å². The largest absolute Gasteiger partial charge is 0.467 e. The SMILES string of the molecule is CCNC(=NCc1cccc(C(=O)NCc2ccco2)c1)NCc1ccccc1.I. The molecule has 0 spiro atoms. The first kappa shape index (κ1) is 23.5. The lowest BCUT2D eigenvalue weighted by molar-refractivity contribution is 0.0948. The molecular weight excluding hydrogens is 491 g/mol. The molecule has 3 N–H and O–H groups in total. The fourth-order valence-electron chi connectivity index (χ4n) is 2.79. The monoisotopic (exact) mass is 518 g/mol. The second-order valence-corrected chi connectivity index (χ2v) is 6.50. The van der Waals surface area contributed by atoms with Crippen molar-refractivity contribution in [3.63, 3.8) is 0 Å². The molecule has 0 saturated heterocycles. The third-order valence-electron chi connectivity index (χ3n) is 4.26. The van der Waals surface area contributed by atoms with Crippen molar-refractivity contribution in [1.29, 1.82) is 0 Å². The highest BCUT2D eigenvalue weighted by atomic mass is 127. The summed E-state index contributed by atoms with van der Waals surface area (Å²) >= 11 is 0. The average molecular weight is 518 g/mol. The standard InChI is InChI=1S/C23H26N4O2.HI/c1-2-24-23(26-15-18-8-4-3-5-9-18)27-16-19-10-6-11-20(14-19)22(28)25-17-21-12-7-13-29-21;/h3-14H,2,15-17H2,1H3,(H,25,28)(H2,24,26,27);1H. The number of amides is 1. The van der Waals surface area contributed by atoms with E-state index in [4.69, 9.17) is 4.42 Å². The minimum absolute atomic E-state index is 0.